The molecule has 27 heavy (non-hydrogen) atoms. The zero-order valence-electron chi connectivity index (χ0n) is 13.3. The van der Waals surface area contributed by atoms with E-state index in [0.717, 1.165) is 12.1 Å². The van der Waals surface area contributed by atoms with Crippen LogP contribution in [0.15, 0.2) is 48.0 Å². The molecule has 3 aromatic heterocycles. The van der Waals surface area contributed by atoms with Gasteiger partial charge in [0.15, 0.2) is 16.6 Å². The minimum absolute atomic E-state index is 0.0470. The maximum absolute atomic E-state index is 13.0. The van der Waals surface area contributed by atoms with Gasteiger partial charge in [0.1, 0.15) is 5.69 Å². The monoisotopic (exact) mass is 390 g/mol. The molecular formula is C16H9F3N6OS. The van der Waals surface area contributed by atoms with E-state index in [-0.39, 0.29) is 17.1 Å². The van der Waals surface area contributed by atoms with Gasteiger partial charge in [0, 0.05) is 17.1 Å². The van der Waals surface area contributed by atoms with E-state index in [4.69, 9.17) is 0 Å². The molecule has 4 aromatic rings. The lowest BCUT2D eigenvalue weighted by atomic mass is 10.1. The first-order valence-electron chi connectivity index (χ1n) is 7.53. The van der Waals surface area contributed by atoms with Gasteiger partial charge in [-0.25, -0.2) is 4.98 Å². The fourth-order valence-corrected chi connectivity index (χ4v) is 2.89. The number of hydrogen-bond acceptors (Lipinski definition) is 6. The number of aromatic nitrogens is 5. The van der Waals surface area contributed by atoms with Gasteiger partial charge in [-0.1, -0.05) is 12.1 Å². The normalized spacial score (nSPS) is 11.7. The molecule has 4 rings (SSSR count). The average molecular weight is 390 g/mol. The summed E-state index contributed by atoms with van der Waals surface area (Å²) in [6, 6.07) is 7.62. The van der Waals surface area contributed by atoms with E-state index in [1.807, 2.05) is 0 Å². The second kappa shape index (κ2) is 6.43. The van der Waals surface area contributed by atoms with Crippen LogP contribution in [0, 0.1) is 0 Å². The number of alkyl halides is 3. The summed E-state index contributed by atoms with van der Waals surface area (Å²) in [7, 11) is 0. The predicted molar refractivity (Wildman–Crippen MR) is 91.3 cm³/mol. The van der Waals surface area contributed by atoms with Crippen LogP contribution in [0.2, 0.25) is 0 Å². The molecule has 0 atom stereocenters. The molecule has 3 heterocycles. The molecule has 0 fully saturated rings. The van der Waals surface area contributed by atoms with Crippen molar-refractivity contribution in [3.63, 3.8) is 0 Å². The second-order valence-corrected chi connectivity index (χ2v) is 6.28. The maximum atomic E-state index is 13.0. The van der Waals surface area contributed by atoms with Gasteiger partial charge in [-0.3, -0.25) is 10.1 Å². The van der Waals surface area contributed by atoms with Gasteiger partial charge in [0.05, 0.1) is 5.56 Å². The first-order chi connectivity index (χ1) is 12.9. The van der Waals surface area contributed by atoms with Gasteiger partial charge in [-0.05, 0) is 24.3 Å². The SMILES string of the molecule is O=C(Nc1nccs1)c1ccc2nnc(-c3cccc(C(F)(F)F)c3)n2n1. The first kappa shape index (κ1) is 17.1. The number of thiazole rings is 1. The molecule has 136 valence electrons. The number of hydrogen-bond donors (Lipinski definition) is 1. The van der Waals surface area contributed by atoms with Crippen LogP contribution >= 0.6 is 11.3 Å². The summed E-state index contributed by atoms with van der Waals surface area (Å²) in [5.41, 5.74) is -0.282. The highest BCUT2D eigenvalue weighted by atomic mass is 32.1. The van der Waals surface area contributed by atoms with Gasteiger partial charge < -0.3 is 0 Å². The van der Waals surface area contributed by atoms with Crippen LogP contribution in [0.25, 0.3) is 17.0 Å². The van der Waals surface area contributed by atoms with E-state index in [1.165, 1.54) is 40.1 Å². The van der Waals surface area contributed by atoms with Crippen molar-refractivity contribution in [3.05, 3.63) is 59.2 Å². The summed E-state index contributed by atoms with van der Waals surface area (Å²) in [5.74, 6) is -0.407. The van der Waals surface area contributed by atoms with Gasteiger partial charge >= 0.3 is 6.18 Å². The zero-order valence-corrected chi connectivity index (χ0v) is 14.1. The highest BCUT2D eigenvalue weighted by Crippen LogP contribution is 2.31. The van der Waals surface area contributed by atoms with Crippen molar-refractivity contribution in [2.45, 2.75) is 6.18 Å². The predicted octanol–water partition coefficient (Wildman–Crippen LogP) is 3.52. The van der Waals surface area contributed by atoms with E-state index in [2.05, 4.69) is 25.6 Å². The topological polar surface area (TPSA) is 85.1 Å². The summed E-state index contributed by atoms with van der Waals surface area (Å²) < 4.78 is 40.1. The molecule has 1 N–H and O–H groups in total. The number of carbonyl (C=O) groups is 1. The first-order valence-corrected chi connectivity index (χ1v) is 8.41. The van der Waals surface area contributed by atoms with Crippen LogP contribution in [0.1, 0.15) is 16.1 Å². The summed E-state index contributed by atoms with van der Waals surface area (Å²) in [4.78, 5) is 16.3. The standard InChI is InChI=1S/C16H9F3N6OS/c17-16(18,19)10-3-1-2-9(8-10)13-23-22-12-5-4-11(24-25(12)13)14(26)21-15-20-6-7-27-15/h1-8H,(H,20,21,26). The Bertz CT molecular complexity index is 1120. The fraction of sp³-hybridized carbons (Fsp3) is 0.0625. The Labute approximate surface area is 153 Å². The number of anilines is 1. The Kier molecular flexibility index (Phi) is 4.07. The molecule has 0 aliphatic heterocycles. The van der Waals surface area contributed by atoms with Crippen LogP contribution in [-0.2, 0) is 6.18 Å². The molecule has 0 aliphatic carbocycles. The lowest BCUT2D eigenvalue weighted by Gasteiger charge is -2.08. The lowest BCUT2D eigenvalue weighted by molar-refractivity contribution is -0.137. The Hall–Kier alpha value is -3.34. The third-order valence-electron chi connectivity index (χ3n) is 3.60. The van der Waals surface area contributed by atoms with E-state index >= 15 is 0 Å². The van der Waals surface area contributed by atoms with Gasteiger partial charge in [-0.15, -0.1) is 21.5 Å². The van der Waals surface area contributed by atoms with Gasteiger partial charge in [-0.2, -0.15) is 22.8 Å². The maximum Gasteiger partial charge on any atom is 0.416 e. The highest BCUT2D eigenvalue weighted by molar-refractivity contribution is 7.13. The van der Waals surface area contributed by atoms with Crippen molar-refractivity contribution in [1.29, 1.82) is 0 Å². The molecule has 0 aliphatic rings. The summed E-state index contributed by atoms with van der Waals surface area (Å²) in [5, 5.41) is 16.7. The number of nitrogens with one attached hydrogen (secondary N) is 1. The van der Waals surface area contributed by atoms with Crippen LogP contribution in [0.3, 0.4) is 0 Å². The van der Waals surface area contributed by atoms with Crippen molar-refractivity contribution in [1.82, 2.24) is 24.8 Å². The molecule has 11 heteroatoms. The largest absolute Gasteiger partial charge is 0.416 e. The Balaban J connectivity index is 1.74. The smallest absolute Gasteiger partial charge is 0.296 e. The zero-order chi connectivity index (χ0) is 19.0. The van der Waals surface area contributed by atoms with Crippen LogP contribution < -0.4 is 5.32 Å². The van der Waals surface area contributed by atoms with Crippen molar-refractivity contribution < 1.29 is 18.0 Å². The molecule has 0 bridgehead atoms. The van der Waals surface area contributed by atoms with E-state index in [9.17, 15) is 18.0 Å². The average Bonchev–Trinajstić information content (AvgIpc) is 3.30. The van der Waals surface area contributed by atoms with Crippen molar-refractivity contribution in [3.8, 4) is 11.4 Å². The second-order valence-electron chi connectivity index (χ2n) is 5.38. The molecule has 0 saturated carbocycles. The third-order valence-corrected chi connectivity index (χ3v) is 4.28. The van der Waals surface area contributed by atoms with Crippen molar-refractivity contribution >= 4 is 28.0 Å². The fourth-order valence-electron chi connectivity index (χ4n) is 2.37. The highest BCUT2D eigenvalue weighted by Gasteiger charge is 2.30. The Morgan fingerprint density at radius 3 is 2.74 bits per heavy atom. The van der Waals surface area contributed by atoms with E-state index < -0.39 is 17.6 Å². The number of benzene rings is 1. The number of halogens is 3. The Morgan fingerprint density at radius 2 is 2.00 bits per heavy atom. The minimum Gasteiger partial charge on any atom is -0.296 e. The van der Waals surface area contributed by atoms with Gasteiger partial charge in [0.2, 0.25) is 0 Å². The molecule has 1 amide bonds. The summed E-state index contributed by atoms with van der Waals surface area (Å²) in [6.45, 7) is 0. The van der Waals surface area contributed by atoms with E-state index in [1.54, 1.807) is 11.6 Å². The van der Waals surface area contributed by atoms with E-state index in [0.29, 0.717) is 10.8 Å². The third kappa shape index (κ3) is 3.36. The van der Waals surface area contributed by atoms with Crippen LogP contribution in [0.5, 0.6) is 0 Å². The molecule has 0 spiro atoms. The molecule has 0 radical (unpaired) electrons. The number of amides is 1. The Morgan fingerprint density at radius 1 is 1.15 bits per heavy atom. The number of carbonyl (C=O) groups excluding carboxylic acids is 1. The molecular weight excluding hydrogens is 381 g/mol. The quantitative estimate of drug-likeness (QED) is 0.579. The van der Waals surface area contributed by atoms with Gasteiger partial charge in [0.25, 0.3) is 5.91 Å². The number of fused-ring (bicyclic) bond motifs is 1. The van der Waals surface area contributed by atoms with Crippen LogP contribution in [-0.4, -0.2) is 30.7 Å². The number of rotatable bonds is 3. The summed E-state index contributed by atoms with van der Waals surface area (Å²) in [6.07, 6.45) is -2.94. The number of nitrogens with zero attached hydrogens (tertiary/aromatic N) is 5. The summed E-state index contributed by atoms with van der Waals surface area (Å²) >= 11 is 1.25. The molecule has 7 nitrogen and oxygen atoms in total. The molecule has 0 saturated heterocycles. The molecule has 1 aromatic carbocycles. The lowest BCUT2D eigenvalue weighted by Crippen LogP contribution is -2.15. The minimum atomic E-state index is -4.48. The van der Waals surface area contributed by atoms with Crippen molar-refractivity contribution in [2.24, 2.45) is 0 Å². The van der Waals surface area contributed by atoms with Crippen molar-refractivity contribution in [2.75, 3.05) is 5.32 Å². The van der Waals surface area contributed by atoms with Crippen LogP contribution in [0.4, 0.5) is 18.3 Å². The molecule has 0 unspecified atom stereocenters.